The summed E-state index contributed by atoms with van der Waals surface area (Å²) in [5.74, 6) is 0.350. The molecule has 3 nitrogen and oxygen atoms in total. The fourth-order valence-electron chi connectivity index (χ4n) is 2.61. The average Bonchev–Trinajstić information content (AvgIpc) is 2.36. The lowest BCUT2D eigenvalue weighted by Gasteiger charge is -2.41. The van der Waals surface area contributed by atoms with Crippen molar-refractivity contribution in [2.75, 3.05) is 13.7 Å². The van der Waals surface area contributed by atoms with E-state index in [4.69, 9.17) is 4.74 Å². The highest BCUT2D eigenvalue weighted by Crippen LogP contribution is 2.36. The number of benzene rings is 1. The van der Waals surface area contributed by atoms with Crippen LogP contribution in [-0.2, 0) is 4.74 Å². The van der Waals surface area contributed by atoms with Crippen LogP contribution in [0, 0.1) is 0 Å². The maximum absolute atomic E-state index is 10.0. The van der Waals surface area contributed by atoms with E-state index in [0.717, 1.165) is 35.8 Å². The molecule has 4 heteroatoms. The molecule has 1 aromatic rings. The van der Waals surface area contributed by atoms with Gasteiger partial charge in [0.15, 0.2) is 0 Å². The second kappa shape index (κ2) is 6.25. The number of phenols is 1. The first-order valence-corrected chi connectivity index (χ1v) is 7.66. The van der Waals surface area contributed by atoms with Gasteiger partial charge in [-0.25, -0.2) is 0 Å². The summed E-state index contributed by atoms with van der Waals surface area (Å²) < 4.78 is 6.62. The molecule has 1 atom stereocenters. The average molecular weight is 328 g/mol. The van der Waals surface area contributed by atoms with Crippen LogP contribution in [-0.4, -0.2) is 24.4 Å². The summed E-state index contributed by atoms with van der Waals surface area (Å²) in [5.41, 5.74) is 0.956. The largest absolute Gasteiger partial charge is 0.508 e. The lowest BCUT2D eigenvalue weighted by molar-refractivity contribution is -0.0710. The molecule has 0 saturated heterocycles. The Labute approximate surface area is 123 Å². The number of phenolic OH excluding ortho intramolecular Hbond substituents is 1. The number of hydrogen-bond donors (Lipinski definition) is 2. The Bertz CT molecular complexity index is 427. The fraction of sp³-hybridized carbons (Fsp3) is 0.600. The third kappa shape index (κ3) is 3.30. The minimum absolute atomic E-state index is 0.00898. The smallest absolute Gasteiger partial charge is 0.120 e. The predicted molar refractivity (Wildman–Crippen MR) is 80.4 cm³/mol. The number of aromatic hydroxyl groups is 1. The molecule has 2 rings (SSSR count). The van der Waals surface area contributed by atoms with E-state index in [-0.39, 0.29) is 11.6 Å². The van der Waals surface area contributed by atoms with Gasteiger partial charge in [0, 0.05) is 29.7 Å². The molecule has 1 fully saturated rings. The highest BCUT2D eigenvalue weighted by atomic mass is 79.9. The molecular formula is C15H22BrNO2. The molecule has 2 N–H and O–H groups in total. The van der Waals surface area contributed by atoms with E-state index in [1.165, 1.54) is 6.42 Å². The molecule has 19 heavy (non-hydrogen) atoms. The second-order valence-electron chi connectivity index (χ2n) is 5.29. The minimum Gasteiger partial charge on any atom is -0.508 e. The standard InChI is InChI=1S/C15H22BrNO2/c1-3-13(12-9-11(16)5-6-14(12)18)17-10-15(19-2)7-4-8-15/h5-6,9,13,17-18H,3-4,7-8,10H2,1-2H3. The van der Waals surface area contributed by atoms with E-state index >= 15 is 0 Å². The zero-order valence-corrected chi connectivity index (χ0v) is 13.2. The van der Waals surface area contributed by atoms with Gasteiger partial charge < -0.3 is 15.2 Å². The Morgan fingerprint density at radius 1 is 1.47 bits per heavy atom. The van der Waals surface area contributed by atoms with Gasteiger partial charge in [0.1, 0.15) is 5.75 Å². The van der Waals surface area contributed by atoms with Gasteiger partial charge in [0.25, 0.3) is 0 Å². The number of halogens is 1. The molecule has 1 aromatic carbocycles. The van der Waals surface area contributed by atoms with Crippen molar-refractivity contribution in [3.05, 3.63) is 28.2 Å². The van der Waals surface area contributed by atoms with Crippen LogP contribution in [0.1, 0.15) is 44.2 Å². The van der Waals surface area contributed by atoms with Crippen molar-refractivity contribution in [3.63, 3.8) is 0 Å². The molecule has 1 unspecified atom stereocenters. The molecule has 1 saturated carbocycles. The number of nitrogens with one attached hydrogen (secondary N) is 1. The highest BCUT2D eigenvalue weighted by molar-refractivity contribution is 9.10. The molecular weight excluding hydrogens is 306 g/mol. The van der Waals surface area contributed by atoms with Crippen molar-refractivity contribution in [1.29, 1.82) is 0 Å². The van der Waals surface area contributed by atoms with Gasteiger partial charge in [-0.15, -0.1) is 0 Å². The summed E-state index contributed by atoms with van der Waals surface area (Å²) in [6.07, 6.45) is 4.42. The Kier molecular flexibility index (Phi) is 4.87. The molecule has 0 aromatic heterocycles. The van der Waals surface area contributed by atoms with Crippen LogP contribution in [0.25, 0.3) is 0 Å². The number of ether oxygens (including phenoxy) is 1. The van der Waals surface area contributed by atoms with E-state index in [9.17, 15) is 5.11 Å². The van der Waals surface area contributed by atoms with Crippen molar-refractivity contribution in [2.45, 2.75) is 44.2 Å². The predicted octanol–water partition coefficient (Wildman–Crippen LogP) is 3.76. The molecule has 0 bridgehead atoms. The van der Waals surface area contributed by atoms with Crippen LogP contribution >= 0.6 is 15.9 Å². The second-order valence-corrected chi connectivity index (χ2v) is 6.20. The molecule has 0 aliphatic heterocycles. The molecule has 0 heterocycles. The normalized spacial score (nSPS) is 18.9. The van der Waals surface area contributed by atoms with Crippen LogP contribution in [0.5, 0.6) is 5.75 Å². The highest BCUT2D eigenvalue weighted by Gasteiger charge is 2.37. The van der Waals surface area contributed by atoms with Gasteiger partial charge in [-0.1, -0.05) is 22.9 Å². The first-order valence-electron chi connectivity index (χ1n) is 6.87. The lowest BCUT2D eigenvalue weighted by Crippen LogP contribution is -2.48. The van der Waals surface area contributed by atoms with E-state index in [1.807, 2.05) is 12.1 Å². The summed E-state index contributed by atoms with van der Waals surface area (Å²) in [4.78, 5) is 0. The molecule has 0 amide bonds. The third-order valence-corrected chi connectivity index (χ3v) is 4.63. The minimum atomic E-state index is 0.00898. The van der Waals surface area contributed by atoms with E-state index in [1.54, 1.807) is 13.2 Å². The number of rotatable bonds is 6. The Morgan fingerprint density at radius 2 is 2.21 bits per heavy atom. The summed E-state index contributed by atoms with van der Waals surface area (Å²) in [7, 11) is 1.79. The van der Waals surface area contributed by atoms with E-state index < -0.39 is 0 Å². The zero-order chi connectivity index (χ0) is 13.9. The first kappa shape index (κ1) is 14.8. The van der Waals surface area contributed by atoms with Crippen LogP contribution in [0.4, 0.5) is 0 Å². The Hall–Kier alpha value is -0.580. The Morgan fingerprint density at radius 3 is 2.74 bits per heavy atom. The van der Waals surface area contributed by atoms with E-state index in [0.29, 0.717) is 5.75 Å². The van der Waals surface area contributed by atoms with Crippen molar-refractivity contribution in [2.24, 2.45) is 0 Å². The zero-order valence-electron chi connectivity index (χ0n) is 11.6. The van der Waals surface area contributed by atoms with Gasteiger partial charge in [0.2, 0.25) is 0 Å². The van der Waals surface area contributed by atoms with Gasteiger partial charge in [-0.3, -0.25) is 0 Å². The molecule has 0 radical (unpaired) electrons. The van der Waals surface area contributed by atoms with Crippen molar-refractivity contribution < 1.29 is 9.84 Å². The lowest BCUT2D eigenvalue weighted by atomic mass is 9.79. The van der Waals surface area contributed by atoms with Crippen molar-refractivity contribution >= 4 is 15.9 Å². The van der Waals surface area contributed by atoms with Crippen LogP contribution < -0.4 is 5.32 Å². The number of hydrogen-bond acceptors (Lipinski definition) is 3. The van der Waals surface area contributed by atoms with Crippen LogP contribution in [0.2, 0.25) is 0 Å². The van der Waals surface area contributed by atoms with Gasteiger partial charge in [0.05, 0.1) is 5.60 Å². The molecule has 1 aliphatic carbocycles. The van der Waals surface area contributed by atoms with Crippen LogP contribution in [0.15, 0.2) is 22.7 Å². The third-order valence-electron chi connectivity index (χ3n) is 4.14. The molecule has 106 valence electrons. The number of methoxy groups -OCH3 is 1. The van der Waals surface area contributed by atoms with Crippen molar-refractivity contribution in [3.8, 4) is 5.75 Å². The maximum Gasteiger partial charge on any atom is 0.120 e. The topological polar surface area (TPSA) is 41.5 Å². The summed E-state index contributed by atoms with van der Waals surface area (Å²) in [6.45, 7) is 2.96. The fourth-order valence-corrected chi connectivity index (χ4v) is 2.99. The maximum atomic E-state index is 10.0. The SMILES string of the molecule is CCC(NCC1(OC)CCC1)c1cc(Br)ccc1O. The monoisotopic (exact) mass is 327 g/mol. The van der Waals surface area contributed by atoms with E-state index in [2.05, 4.69) is 28.2 Å². The first-order chi connectivity index (χ1) is 9.10. The quantitative estimate of drug-likeness (QED) is 0.835. The summed E-state index contributed by atoms with van der Waals surface area (Å²) in [5, 5.41) is 13.5. The van der Waals surface area contributed by atoms with Gasteiger partial charge in [-0.2, -0.15) is 0 Å². The van der Waals surface area contributed by atoms with Crippen LogP contribution in [0.3, 0.4) is 0 Å². The molecule has 0 spiro atoms. The van der Waals surface area contributed by atoms with Gasteiger partial charge >= 0.3 is 0 Å². The summed E-state index contributed by atoms with van der Waals surface area (Å²) in [6, 6.07) is 5.73. The molecule has 1 aliphatic rings. The Balaban J connectivity index is 2.05. The summed E-state index contributed by atoms with van der Waals surface area (Å²) >= 11 is 3.46. The van der Waals surface area contributed by atoms with Gasteiger partial charge in [-0.05, 0) is 43.9 Å². The van der Waals surface area contributed by atoms with Crippen molar-refractivity contribution in [1.82, 2.24) is 5.32 Å².